The summed E-state index contributed by atoms with van der Waals surface area (Å²) in [5, 5.41) is 18.4. The van der Waals surface area contributed by atoms with E-state index in [0.717, 1.165) is 31.9 Å². The van der Waals surface area contributed by atoms with Gasteiger partial charge in [-0.25, -0.2) is 4.39 Å². The number of rotatable bonds is 3. The highest BCUT2D eigenvalue weighted by Gasteiger charge is 2.20. The molecule has 0 amide bonds. The predicted molar refractivity (Wildman–Crippen MR) is 71.4 cm³/mol. The lowest BCUT2D eigenvalue weighted by atomic mass is 10.1. The molecule has 102 valence electrons. The van der Waals surface area contributed by atoms with E-state index in [4.69, 9.17) is 5.26 Å². The topological polar surface area (TPSA) is 50.5 Å². The normalized spacial score (nSPS) is 18.1. The fraction of sp³-hybridized carbons (Fsp3) is 0.500. The summed E-state index contributed by atoms with van der Waals surface area (Å²) in [5.41, 5.74) is 1.17. The molecule has 0 radical (unpaired) electrons. The third-order valence-corrected chi connectivity index (χ3v) is 3.31. The molecule has 0 unspecified atom stereocenters. The lowest BCUT2D eigenvalue weighted by molar-refractivity contribution is 0.122. The average molecular weight is 263 g/mol. The van der Waals surface area contributed by atoms with E-state index in [1.807, 2.05) is 6.07 Å². The number of nitriles is 1. The molecule has 0 saturated carbocycles. The molecule has 0 bridgehead atoms. The highest BCUT2D eigenvalue weighted by molar-refractivity contribution is 5.59. The zero-order chi connectivity index (χ0) is 13.8. The number of β-amino-alcohol motifs (C(OH)–C–C–N with tert-alkyl or cyclic N) is 1. The van der Waals surface area contributed by atoms with Crippen LogP contribution >= 0.6 is 0 Å². The summed E-state index contributed by atoms with van der Waals surface area (Å²) in [5.74, 6) is -0.381. The van der Waals surface area contributed by atoms with Gasteiger partial charge in [0.15, 0.2) is 0 Å². The van der Waals surface area contributed by atoms with E-state index in [-0.39, 0.29) is 11.9 Å². The molecule has 19 heavy (non-hydrogen) atoms. The van der Waals surface area contributed by atoms with Gasteiger partial charge in [-0.3, -0.25) is 4.90 Å². The Kier molecular flexibility index (Phi) is 4.35. The van der Waals surface area contributed by atoms with Crippen molar-refractivity contribution in [3.05, 3.63) is 29.6 Å². The van der Waals surface area contributed by atoms with Gasteiger partial charge in [0.1, 0.15) is 11.9 Å². The monoisotopic (exact) mass is 263 g/mol. The van der Waals surface area contributed by atoms with Crippen LogP contribution in [0.15, 0.2) is 18.2 Å². The van der Waals surface area contributed by atoms with Gasteiger partial charge in [-0.05, 0) is 25.1 Å². The van der Waals surface area contributed by atoms with Crippen LogP contribution in [0.25, 0.3) is 0 Å². The minimum atomic E-state index is -0.381. The van der Waals surface area contributed by atoms with E-state index < -0.39 is 0 Å². The lowest BCUT2D eigenvalue weighted by Crippen LogP contribution is -2.48. The van der Waals surface area contributed by atoms with Crippen LogP contribution in [0.5, 0.6) is 0 Å². The van der Waals surface area contributed by atoms with E-state index >= 15 is 0 Å². The van der Waals surface area contributed by atoms with Crippen LogP contribution in [-0.2, 0) is 0 Å². The quantitative estimate of drug-likeness (QED) is 0.890. The molecule has 1 aliphatic heterocycles. The third-order valence-electron chi connectivity index (χ3n) is 3.31. The fourth-order valence-corrected chi connectivity index (χ4v) is 2.42. The molecule has 1 aromatic carbocycles. The van der Waals surface area contributed by atoms with Gasteiger partial charge >= 0.3 is 0 Å². The van der Waals surface area contributed by atoms with Gasteiger partial charge in [0.2, 0.25) is 0 Å². The number of benzene rings is 1. The maximum Gasteiger partial charge on any atom is 0.124 e. The van der Waals surface area contributed by atoms with Crippen molar-refractivity contribution >= 4 is 5.69 Å². The van der Waals surface area contributed by atoms with Crippen LogP contribution in [0.3, 0.4) is 0 Å². The largest absolute Gasteiger partial charge is 0.392 e. The van der Waals surface area contributed by atoms with Gasteiger partial charge in [0.05, 0.1) is 17.4 Å². The number of aliphatic hydroxyl groups is 1. The standard InChI is InChI=1S/C14H18FN3O/c1-11(19)10-17-4-6-18(7-5-17)14-3-2-13(15)8-12(14)9-16/h2-3,8,11,19H,4-7,10H2,1H3/t11-/m1/s1. The molecular weight excluding hydrogens is 245 g/mol. The van der Waals surface area contributed by atoms with Gasteiger partial charge in [0.25, 0.3) is 0 Å². The van der Waals surface area contributed by atoms with Crippen molar-refractivity contribution < 1.29 is 9.50 Å². The SMILES string of the molecule is C[C@@H](O)CN1CCN(c2ccc(F)cc2C#N)CC1. The van der Waals surface area contributed by atoms with Crippen molar-refractivity contribution in [2.75, 3.05) is 37.6 Å². The van der Waals surface area contributed by atoms with Crippen LogP contribution in [0.4, 0.5) is 10.1 Å². The second kappa shape index (κ2) is 6.00. The maximum absolute atomic E-state index is 13.1. The van der Waals surface area contributed by atoms with Crippen LogP contribution in [-0.4, -0.2) is 48.8 Å². The molecule has 2 rings (SSSR count). The van der Waals surface area contributed by atoms with Crippen molar-refractivity contribution in [1.82, 2.24) is 4.90 Å². The minimum Gasteiger partial charge on any atom is -0.392 e. The first-order valence-electron chi connectivity index (χ1n) is 6.45. The summed E-state index contributed by atoms with van der Waals surface area (Å²) in [4.78, 5) is 4.28. The molecule has 1 aromatic rings. The molecule has 0 aliphatic carbocycles. The molecule has 1 heterocycles. The summed E-state index contributed by atoms with van der Waals surface area (Å²) in [6.07, 6.45) is -0.327. The maximum atomic E-state index is 13.1. The molecule has 1 atom stereocenters. The van der Waals surface area contributed by atoms with E-state index in [9.17, 15) is 9.50 Å². The number of anilines is 1. The molecule has 1 saturated heterocycles. The van der Waals surface area contributed by atoms with Gasteiger partial charge in [-0.1, -0.05) is 0 Å². The summed E-state index contributed by atoms with van der Waals surface area (Å²) in [7, 11) is 0. The highest BCUT2D eigenvalue weighted by atomic mass is 19.1. The van der Waals surface area contributed by atoms with E-state index in [0.29, 0.717) is 12.1 Å². The van der Waals surface area contributed by atoms with Crippen molar-refractivity contribution in [2.45, 2.75) is 13.0 Å². The van der Waals surface area contributed by atoms with E-state index in [2.05, 4.69) is 9.80 Å². The van der Waals surface area contributed by atoms with Crippen LogP contribution in [0.2, 0.25) is 0 Å². The summed E-state index contributed by atoms with van der Waals surface area (Å²) < 4.78 is 13.1. The summed E-state index contributed by atoms with van der Waals surface area (Å²) in [6.45, 7) is 5.70. The van der Waals surface area contributed by atoms with Crippen LogP contribution < -0.4 is 4.90 Å². The molecular formula is C14H18FN3O. The Morgan fingerprint density at radius 1 is 1.37 bits per heavy atom. The Balaban J connectivity index is 2.04. The van der Waals surface area contributed by atoms with Crippen molar-refractivity contribution in [2.24, 2.45) is 0 Å². The smallest absolute Gasteiger partial charge is 0.124 e. The molecule has 0 spiro atoms. The first kappa shape index (κ1) is 13.8. The highest BCUT2D eigenvalue weighted by Crippen LogP contribution is 2.22. The first-order chi connectivity index (χ1) is 9.10. The Morgan fingerprint density at radius 2 is 2.05 bits per heavy atom. The van der Waals surface area contributed by atoms with Crippen molar-refractivity contribution in [3.63, 3.8) is 0 Å². The molecule has 4 nitrogen and oxygen atoms in total. The Morgan fingerprint density at radius 3 is 2.63 bits per heavy atom. The summed E-state index contributed by atoms with van der Waals surface area (Å²) >= 11 is 0. The second-order valence-corrected chi connectivity index (χ2v) is 4.91. The first-order valence-corrected chi connectivity index (χ1v) is 6.45. The number of hydrogen-bond donors (Lipinski definition) is 1. The fourth-order valence-electron chi connectivity index (χ4n) is 2.42. The second-order valence-electron chi connectivity index (χ2n) is 4.91. The van der Waals surface area contributed by atoms with Gasteiger partial charge < -0.3 is 10.0 Å². The summed E-state index contributed by atoms with van der Waals surface area (Å²) in [6, 6.07) is 6.37. The Bertz CT molecular complexity index is 476. The lowest BCUT2D eigenvalue weighted by Gasteiger charge is -2.36. The molecule has 5 heteroatoms. The van der Waals surface area contributed by atoms with Gasteiger partial charge in [-0.2, -0.15) is 5.26 Å². The number of piperazine rings is 1. The molecule has 1 fully saturated rings. The van der Waals surface area contributed by atoms with Gasteiger partial charge in [0, 0.05) is 32.7 Å². The molecule has 1 N–H and O–H groups in total. The van der Waals surface area contributed by atoms with Crippen molar-refractivity contribution in [3.8, 4) is 6.07 Å². The Hall–Kier alpha value is -1.64. The van der Waals surface area contributed by atoms with Crippen LogP contribution in [0.1, 0.15) is 12.5 Å². The number of nitrogens with zero attached hydrogens (tertiary/aromatic N) is 3. The number of aliphatic hydroxyl groups excluding tert-OH is 1. The van der Waals surface area contributed by atoms with E-state index in [1.165, 1.54) is 12.1 Å². The van der Waals surface area contributed by atoms with E-state index in [1.54, 1.807) is 13.0 Å². The molecule has 0 aromatic heterocycles. The predicted octanol–water partition coefficient (Wildman–Crippen LogP) is 1.20. The zero-order valence-corrected chi connectivity index (χ0v) is 11.0. The number of halogens is 1. The minimum absolute atomic E-state index is 0.327. The third kappa shape index (κ3) is 3.43. The zero-order valence-electron chi connectivity index (χ0n) is 11.0. The van der Waals surface area contributed by atoms with Crippen molar-refractivity contribution in [1.29, 1.82) is 5.26 Å². The van der Waals surface area contributed by atoms with Gasteiger partial charge in [-0.15, -0.1) is 0 Å². The Labute approximate surface area is 112 Å². The average Bonchev–Trinajstić information content (AvgIpc) is 2.39. The molecule has 1 aliphatic rings. The van der Waals surface area contributed by atoms with Crippen LogP contribution in [0, 0.1) is 17.1 Å². The number of hydrogen-bond acceptors (Lipinski definition) is 4.